The van der Waals surface area contributed by atoms with E-state index in [1.54, 1.807) is 6.92 Å². The number of carbonyl (C=O) groups is 3. The summed E-state index contributed by atoms with van der Waals surface area (Å²) >= 11 is 0. The molecule has 7 heteroatoms. The molecule has 0 unspecified atom stereocenters. The van der Waals surface area contributed by atoms with Crippen LogP contribution in [0.1, 0.15) is 36.9 Å². The lowest BCUT2D eigenvalue weighted by Crippen LogP contribution is -2.46. The Morgan fingerprint density at radius 3 is 2.70 bits per heavy atom. The first kappa shape index (κ1) is 19.9. The number of hydrogen-bond acceptors (Lipinski definition) is 4. The molecule has 1 saturated heterocycles. The summed E-state index contributed by atoms with van der Waals surface area (Å²) in [6.07, 6.45) is 1.76. The molecule has 4 amide bonds. The zero-order valence-electron chi connectivity index (χ0n) is 16.9. The fourth-order valence-electron chi connectivity index (χ4n) is 3.97. The van der Waals surface area contributed by atoms with Gasteiger partial charge in [-0.3, -0.25) is 14.5 Å². The molecule has 4 rings (SSSR count). The van der Waals surface area contributed by atoms with Crippen LogP contribution in [0.5, 0.6) is 5.75 Å². The zero-order valence-corrected chi connectivity index (χ0v) is 16.9. The second kappa shape index (κ2) is 8.18. The van der Waals surface area contributed by atoms with Gasteiger partial charge in [0.2, 0.25) is 5.91 Å². The molecule has 1 fully saturated rings. The Bertz CT molecular complexity index is 962. The van der Waals surface area contributed by atoms with E-state index in [1.807, 2.05) is 54.6 Å². The molecule has 0 radical (unpaired) electrons. The van der Waals surface area contributed by atoms with Crippen molar-refractivity contribution in [3.05, 3.63) is 65.7 Å². The maximum absolute atomic E-state index is 12.9. The number of ether oxygens (including phenoxy) is 1. The number of benzene rings is 2. The SMILES string of the molecule is C[C@@]1(CCc2ccccc2)NC(=O)N(CC(=O)N[C@H]2CCOc3ccccc32)C1=O. The molecule has 0 saturated carbocycles. The molecule has 2 aromatic carbocycles. The molecule has 2 N–H and O–H groups in total. The van der Waals surface area contributed by atoms with Crippen LogP contribution in [-0.4, -0.2) is 41.4 Å². The molecule has 0 aromatic heterocycles. The van der Waals surface area contributed by atoms with Crippen LogP contribution in [0.25, 0.3) is 0 Å². The van der Waals surface area contributed by atoms with Crippen molar-refractivity contribution in [2.45, 2.75) is 37.8 Å². The molecule has 2 aromatic rings. The van der Waals surface area contributed by atoms with Gasteiger partial charge in [0.25, 0.3) is 5.91 Å². The van der Waals surface area contributed by atoms with Gasteiger partial charge in [-0.25, -0.2) is 4.79 Å². The monoisotopic (exact) mass is 407 g/mol. The van der Waals surface area contributed by atoms with E-state index >= 15 is 0 Å². The van der Waals surface area contributed by atoms with Gasteiger partial charge in [0.05, 0.1) is 12.6 Å². The summed E-state index contributed by atoms with van der Waals surface area (Å²) in [6.45, 7) is 1.91. The van der Waals surface area contributed by atoms with Crippen LogP contribution in [0.4, 0.5) is 4.79 Å². The number of rotatable bonds is 6. The molecule has 2 aliphatic rings. The van der Waals surface area contributed by atoms with Crippen molar-refractivity contribution < 1.29 is 19.1 Å². The highest BCUT2D eigenvalue weighted by molar-refractivity contribution is 6.08. The van der Waals surface area contributed by atoms with E-state index in [0.717, 1.165) is 21.8 Å². The van der Waals surface area contributed by atoms with E-state index in [-0.39, 0.29) is 24.4 Å². The summed E-state index contributed by atoms with van der Waals surface area (Å²) in [5, 5.41) is 5.70. The number of nitrogens with zero attached hydrogens (tertiary/aromatic N) is 1. The Morgan fingerprint density at radius 2 is 1.90 bits per heavy atom. The summed E-state index contributed by atoms with van der Waals surface area (Å²) in [5.74, 6) is 0.0102. The first-order valence-corrected chi connectivity index (χ1v) is 10.2. The predicted molar refractivity (Wildman–Crippen MR) is 111 cm³/mol. The topological polar surface area (TPSA) is 87.7 Å². The van der Waals surface area contributed by atoms with E-state index in [9.17, 15) is 14.4 Å². The van der Waals surface area contributed by atoms with Crippen LogP contribution in [0.15, 0.2) is 54.6 Å². The van der Waals surface area contributed by atoms with Crippen LogP contribution in [0, 0.1) is 0 Å². The van der Waals surface area contributed by atoms with Crippen molar-refractivity contribution >= 4 is 17.8 Å². The molecule has 2 aliphatic heterocycles. The highest BCUT2D eigenvalue weighted by atomic mass is 16.5. The van der Waals surface area contributed by atoms with E-state index in [0.29, 0.717) is 25.9 Å². The summed E-state index contributed by atoms with van der Waals surface area (Å²) < 4.78 is 5.61. The van der Waals surface area contributed by atoms with E-state index in [1.165, 1.54) is 0 Å². The van der Waals surface area contributed by atoms with E-state index in [2.05, 4.69) is 10.6 Å². The third-order valence-electron chi connectivity index (χ3n) is 5.70. The third kappa shape index (κ3) is 4.01. The third-order valence-corrected chi connectivity index (χ3v) is 5.70. The number of hydrogen-bond donors (Lipinski definition) is 2. The van der Waals surface area contributed by atoms with E-state index < -0.39 is 11.6 Å². The number of carbonyl (C=O) groups excluding carboxylic acids is 3. The molecule has 0 spiro atoms. The summed E-state index contributed by atoms with van der Waals surface area (Å²) in [5.41, 5.74) is 0.982. The van der Waals surface area contributed by atoms with Gasteiger partial charge in [0.1, 0.15) is 17.8 Å². The predicted octanol–water partition coefficient (Wildman–Crippen LogP) is 2.57. The number of para-hydroxylation sites is 1. The van der Waals surface area contributed by atoms with Gasteiger partial charge in [-0.1, -0.05) is 48.5 Å². The van der Waals surface area contributed by atoms with Crippen molar-refractivity contribution in [1.82, 2.24) is 15.5 Å². The lowest BCUT2D eigenvalue weighted by atomic mass is 9.93. The normalized spacial score (nSPS) is 22.8. The standard InChI is InChI=1S/C23H25N3O4/c1-23(13-11-16-7-3-2-4-8-16)21(28)26(22(29)25-23)15-20(27)24-18-12-14-30-19-10-6-5-9-17(18)19/h2-10,18H,11-15H2,1H3,(H,24,27)(H,25,29)/t18-,23-/m0/s1. The van der Waals surface area contributed by atoms with Gasteiger partial charge >= 0.3 is 6.03 Å². The summed E-state index contributed by atoms with van der Waals surface area (Å²) in [6, 6.07) is 16.6. The average molecular weight is 407 g/mol. The number of fused-ring (bicyclic) bond motifs is 1. The van der Waals surface area contributed by atoms with Crippen LogP contribution in [-0.2, 0) is 16.0 Å². The first-order valence-electron chi connectivity index (χ1n) is 10.2. The quantitative estimate of drug-likeness (QED) is 0.721. The average Bonchev–Trinajstić information content (AvgIpc) is 2.97. The number of amides is 4. The molecule has 7 nitrogen and oxygen atoms in total. The molecule has 156 valence electrons. The molecule has 0 bridgehead atoms. The Kier molecular flexibility index (Phi) is 5.44. The van der Waals surface area contributed by atoms with Gasteiger partial charge < -0.3 is 15.4 Å². The highest BCUT2D eigenvalue weighted by Crippen LogP contribution is 2.31. The Morgan fingerprint density at radius 1 is 1.17 bits per heavy atom. The van der Waals surface area contributed by atoms with Gasteiger partial charge in [0.15, 0.2) is 0 Å². The number of aryl methyl sites for hydroxylation is 1. The smallest absolute Gasteiger partial charge is 0.325 e. The minimum Gasteiger partial charge on any atom is -0.493 e. The summed E-state index contributed by atoms with van der Waals surface area (Å²) in [4.78, 5) is 39.0. The molecular formula is C23H25N3O4. The van der Waals surface area contributed by atoms with Gasteiger partial charge in [-0.15, -0.1) is 0 Å². The van der Waals surface area contributed by atoms with Crippen molar-refractivity contribution in [3.8, 4) is 5.75 Å². The Balaban J connectivity index is 1.38. The van der Waals surface area contributed by atoms with Gasteiger partial charge in [-0.2, -0.15) is 0 Å². The minimum atomic E-state index is -1.02. The molecule has 0 aliphatic carbocycles. The fraction of sp³-hybridized carbons (Fsp3) is 0.348. The van der Waals surface area contributed by atoms with Gasteiger partial charge in [-0.05, 0) is 31.4 Å². The Labute approximate surface area is 175 Å². The lowest BCUT2D eigenvalue weighted by Gasteiger charge is -2.27. The Hall–Kier alpha value is -3.35. The maximum Gasteiger partial charge on any atom is 0.325 e. The molecular weight excluding hydrogens is 382 g/mol. The largest absolute Gasteiger partial charge is 0.493 e. The second-order valence-electron chi connectivity index (χ2n) is 7.93. The number of imide groups is 1. The van der Waals surface area contributed by atoms with Crippen LogP contribution in [0.3, 0.4) is 0 Å². The zero-order chi connectivity index (χ0) is 21.1. The molecule has 2 heterocycles. The minimum absolute atomic E-state index is 0.201. The summed E-state index contributed by atoms with van der Waals surface area (Å²) in [7, 11) is 0. The maximum atomic E-state index is 12.9. The molecule has 30 heavy (non-hydrogen) atoms. The second-order valence-corrected chi connectivity index (χ2v) is 7.93. The highest BCUT2D eigenvalue weighted by Gasteiger charge is 2.48. The van der Waals surface area contributed by atoms with Crippen molar-refractivity contribution in [2.75, 3.05) is 13.2 Å². The van der Waals surface area contributed by atoms with Crippen LogP contribution in [0.2, 0.25) is 0 Å². The number of urea groups is 1. The lowest BCUT2D eigenvalue weighted by molar-refractivity contribution is -0.135. The molecule has 2 atom stereocenters. The van der Waals surface area contributed by atoms with Crippen molar-refractivity contribution in [2.24, 2.45) is 0 Å². The van der Waals surface area contributed by atoms with Crippen LogP contribution >= 0.6 is 0 Å². The van der Waals surface area contributed by atoms with Crippen molar-refractivity contribution in [3.63, 3.8) is 0 Å². The fourth-order valence-corrected chi connectivity index (χ4v) is 3.97. The van der Waals surface area contributed by atoms with E-state index in [4.69, 9.17) is 4.74 Å². The van der Waals surface area contributed by atoms with Gasteiger partial charge in [0, 0.05) is 12.0 Å². The van der Waals surface area contributed by atoms with Crippen LogP contribution < -0.4 is 15.4 Å². The van der Waals surface area contributed by atoms with Crippen molar-refractivity contribution in [1.29, 1.82) is 0 Å². The number of nitrogens with one attached hydrogen (secondary N) is 2. The first-order chi connectivity index (χ1) is 14.5.